The van der Waals surface area contributed by atoms with Crippen LogP contribution in [0.4, 0.5) is 13.2 Å². The zero-order chi connectivity index (χ0) is 18.2. The molecule has 0 amide bonds. The molecule has 0 spiro atoms. The average Bonchev–Trinajstić information content (AvgIpc) is 2.99. The van der Waals surface area contributed by atoms with Gasteiger partial charge in [-0.2, -0.15) is 4.31 Å². The molecule has 1 heterocycles. The van der Waals surface area contributed by atoms with Gasteiger partial charge in [-0.3, -0.25) is 0 Å². The topological polar surface area (TPSA) is 63.4 Å². The summed E-state index contributed by atoms with van der Waals surface area (Å²) in [4.78, 5) is -1.13. The lowest BCUT2D eigenvalue weighted by molar-refractivity contribution is 0.439. The Morgan fingerprint density at radius 3 is 2.20 bits per heavy atom. The number of benzene rings is 2. The highest BCUT2D eigenvalue weighted by atomic mass is 32.2. The van der Waals surface area contributed by atoms with E-state index in [0.717, 1.165) is 9.87 Å². The van der Waals surface area contributed by atoms with Gasteiger partial charge in [-0.15, -0.1) is 0 Å². The number of halogens is 3. The summed E-state index contributed by atoms with van der Waals surface area (Å²) in [5.41, 5.74) is 6.68. The van der Waals surface area contributed by atoms with Crippen LogP contribution in [-0.2, 0) is 10.0 Å². The van der Waals surface area contributed by atoms with Crippen LogP contribution in [0.3, 0.4) is 0 Å². The molecule has 4 nitrogen and oxygen atoms in total. The molecule has 134 valence electrons. The summed E-state index contributed by atoms with van der Waals surface area (Å²) < 4.78 is 67.4. The van der Waals surface area contributed by atoms with Crippen molar-refractivity contribution in [2.24, 2.45) is 11.7 Å². The Balaban J connectivity index is 1.97. The standard InChI is InChI=1S/C17H17F3N2O2S/c18-13-6-15(19)17(16(20)7-13)25(23,24)22-9-12(8-21)14(10-22)11-4-2-1-3-5-11/h1-7,12,14H,8-10,21H2/t12-,14+/m1/s1. The Morgan fingerprint density at radius 1 is 1.04 bits per heavy atom. The van der Waals surface area contributed by atoms with Crippen molar-refractivity contribution in [1.29, 1.82) is 0 Å². The fourth-order valence-electron chi connectivity index (χ4n) is 3.25. The molecule has 25 heavy (non-hydrogen) atoms. The normalized spacial score (nSPS) is 21.6. The largest absolute Gasteiger partial charge is 0.330 e. The second kappa shape index (κ2) is 6.78. The molecule has 0 aliphatic carbocycles. The molecule has 0 unspecified atom stereocenters. The molecule has 1 fully saturated rings. The quantitative estimate of drug-likeness (QED) is 0.899. The molecule has 0 aromatic heterocycles. The van der Waals surface area contributed by atoms with Gasteiger partial charge in [0.15, 0.2) is 4.90 Å². The summed E-state index contributed by atoms with van der Waals surface area (Å²) in [6.45, 7) is 0.346. The van der Waals surface area contributed by atoms with Crippen molar-refractivity contribution < 1.29 is 21.6 Å². The maximum absolute atomic E-state index is 13.9. The van der Waals surface area contributed by atoms with E-state index in [2.05, 4.69) is 0 Å². The second-order valence-corrected chi connectivity index (χ2v) is 7.91. The van der Waals surface area contributed by atoms with Crippen LogP contribution in [0.1, 0.15) is 11.5 Å². The minimum absolute atomic E-state index is 0.0502. The molecule has 2 atom stereocenters. The summed E-state index contributed by atoms with van der Waals surface area (Å²) in [6.07, 6.45) is 0. The lowest BCUT2D eigenvalue weighted by atomic mass is 9.89. The second-order valence-electron chi connectivity index (χ2n) is 6.03. The van der Waals surface area contributed by atoms with E-state index in [0.29, 0.717) is 12.1 Å². The monoisotopic (exact) mass is 370 g/mol. The first-order valence-electron chi connectivity index (χ1n) is 7.74. The van der Waals surface area contributed by atoms with Gasteiger partial charge < -0.3 is 5.73 Å². The smallest absolute Gasteiger partial charge is 0.248 e. The maximum Gasteiger partial charge on any atom is 0.248 e. The van der Waals surface area contributed by atoms with Crippen LogP contribution in [0.2, 0.25) is 0 Å². The molecule has 2 aromatic carbocycles. The van der Waals surface area contributed by atoms with Crippen molar-refractivity contribution in [3.05, 3.63) is 65.5 Å². The third-order valence-corrected chi connectivity index (χ3v) is 6.38. The Hall–Kier alpha value is -1.90. The molecular formula is C17H17F3N2O2S. The predicted octanol–water partition coefficient (Wildman–Crippen LogP) is 2.47. The van der Waals surface area contributed by atoms with E-state index in [1.807, 2.05) is 30.3 Å². The highest BCUT2D eigenvalue weighted by Gasteiger charge is 2.41. The van der Waals surface area contributed by atoms with Crippen molar-refractivity contribution >= 4 is 10.0 Å². The van der Waals surface area contributed by atoms with E-state index >= 15 is 0 Å². The van der Waals surface area contributed by atoms with Crippen LogP contribution in [0, 0.1) is 23.4 Å². The molecule has 1 aliphatic rings. The molecule has 8 heteroatoms. The summed E-state index contributed by atoms with van der Waals surface area (Å²) in [5, 5.41) is 0. The minimum atomic E-state index is -4.44. The van der Waals surface area contributed by atoms with Crippen molar-refractivity contribution in [2.45, 2.75) is 10.8 Å². The average molecular weight is 370 g/mol. The Labute approximate surface area is 144 Å². The summed E-state index contributed by atoms with van der Waals surface area (Å²) in [5.74, 6) is -4.40. The van der Waals surface area contributed by atoms with Gasteiger partial charge in [0.05, 0.1) is 0 Å². The molecule has 1 aliphatic heterocycles. The fraction of sp³-hybridized carbons (Fsp3) is 0.294. The van der Waals surface area contributed by atoms with E-state index in [1.165, 1.54) is 0 Å². The van der Waals surface area contributed by atoms with E-state index in [-0.39, 0.29) is 31.5 Å². The lowest BCUT2D eigenvalue weighted by Crippen LogP contribution is -2.31. The lowest BCUT2D eigenvalue weighted by Gasteiger charge is -2.17. The van der Waals surface area contributed by atoms with Crippen LogP contribution < -0.4 is 5.73 Å². The zero-order valence-electron chi connectivity index (χ0n) is 13.2. The van der Waals surface area contributed by atoms with Crippen LogP contribution >= 0.6 is 0 Å². The molecular weight excluding hydrogens is 353 g/mol. The Morgan fingerprint density at radius 2 is 1.64 bits per heavy atom. The Bertz CT molecular complexity index is 852. The van der Waals surface area contributed by atoms with Crippen molar-refractivity contribution in [1.82, 2.24) is 4.31 Å². The molecule has 3 rings (SSSR count). The third kappa shape index (κ3) is 3.29. The summed E-state index contributed by atoms with van der Waals surface area (Å²) in [7, 11) is -4.44. The van der Waals surface area contributed by atoms with E-state index < -0.39 is 32.4 Å². The first-order chi connectivity index (χ1) is 11.8. The van der Waals surface area contributed by atoms with Gasteiger partial charge >= 0.3 is 0 Å². The minimum Gasteiger partial charge on any atom is -0.330 e. The number of hydrogen-bond acceptors (Lipinski definition) is 3. The van der Waals surface area contributed by atoms with Gasteiger partial charge in [-0.05, 0) is 18.0 Å². The van der Waals surface area contributed by atoms with E-state index in [1.54, 1.807) is 0 Å². The molecule has 0 radical (unpaired) electrons. The van der Waals surface area contributed by atoms with Crippen molar-refractivity contribution in [3.8, 4) is 0 Å². The van der Waals surface area contributed by atoms with E-state index in [4.69, 9.17) is 5.73 Å². The number of nitrogens with two attached hydrogens (primary N) is 1. The number of sulfonamides is 1. The SMILES string of the molecule is NC[C@@H]1CN(S(=O)(=O)c2c(F)cc(F)cc2F)C[C@H]1c1ccccc1. The van der Waals surface area contributed by atoms with Gasteiger partial charge in [-0.1, -0.05) is 30.3 Å². The highest BCUT2D eigenvalue weighted by molar-refractivity contribution is 7.89. The molecule has 2 N–H and O–H groups in total. The Kier molecular flexibility index (Phi) is 4.86. The predicted molar refractivity (Wildman–Crippen MR) is 86.8 cm³/mol. The number of nitrogens with zero attached hydrogens (tertiary/aromatic N) is 1. The van der Waals surface area contributed by atoms with Crippen molar-refractivity contribution in [3.63, 3.8) is 0 Å². The van der Waals surface area contributed by atoms with Gasteiger partial charge in [0.2, 0.25) is 10.0 Å². The van der Waals surface area contributed by atoms with Crippen LogP contribution in [-0.4, -0.2) is 32.4 Å². The number of hydrogen-bond donors (Lipinski definition) is 1. The summed E-state index contributed by atoms with van der Waals surface area (Å²) in [6, 6.07) is 9.96. The highest BCUT2D eigenvalue weighted by Crippen LogP contribution is 2.36. The van der Waals surface area contributed by atoms with Gasteiger partial charge in [0.25, 0.3) is 0 Å². The van der Waals surface area contributed by atoms with E-state index in [9.17, 15) is 21.6 Å². The summed E-state index contributed by atoms with van der Waals surface area (Å²) >= 11 is 0. The van der Waals surface area contributed by atoms with Crippen LogP contribution in [0.25, 0.3) is 0 Å². The first-order valence-corrected chi connectivity index (χ1v) is 9.18. The van der Waals surface area contributed by atoms with Gasteiger partial charge in [0, 0.05) is 31.1 Å². The molecule has 2 aromatic rings. The van der Waals surface area contributed by atoms with Gasteiger partial charge in [-0.25, -0.2) is 21.6 Å². The maximum atomic E-state index is 13.9. The fourth-order valence-corrected chi connectivity index (χ4v) is 4.86. The molecule has 0 saturated carbocycles. The van der Waals surface area contributed by atoms with Gasteiger partial charge in [0.1, 0.15) is 17.5 Å². The molecule has 1 saturated heterocycles. The first kappa shape index (κ1) is 17.9. The number of rotatable bonds is 4. The zero-order valence-corrected chi connectivity index (χ0v) is 14.0. The van der Waals surface area contributed by atoms with Crippen molar-refractivity contribution in [2.75, 3.05) is 19.6 Å². The third-order valence-electron chi connectivity index (χ3n) is 4.50. The molecule has 0 bridgehead atoms. The van der Waals surface area contributed by atoms with Crippen LogP contribution in [0.5, 0.6) is 0 Å². The van der Waals surface area contributed by atoms with Crippen LogP contribution in [0.15, 0.2) is 47.4 Å².